The number of benzene rings is 2. The van der Waals surface area contributed by atoms with Gasteiger partial charge in [0.25, 0.3) is 5.91 Å². The minimum atomic E-state index is -4.38. The molecule has 2 aromatic carbocycles. The van der Waals surface area contributed by atoms with Crippen molar-refractivity contribution in [1.29, 1.82) is 0 Å². The summed E-state index contributed by atoms with van der Waals surface area (Å²) >= 11 is 0. The van der Waals surface area contributed by atoms with Gasteiger partial charge in [-0.15, -0.1) is 0 Å². The molecule has 4 rings (SSSR count). The van der Waals surface area contributed by atoms with Crippen LogP contribution in [0.2, 0.25) is 0 Å². The molecule has 0 spiro atoms. The third kappa shape index (κ3) is 4.06. The molecule has 0 bridgehead atoms. The van der Waals surface area contributed by atoms with Crippen molar-refractivity contribution in [2.75, 3.05) is 25.0 Å². The van der Waals surface area contributed by atoms with Gasteiger partial charge in [-0.1, -0.05) is 18.2 Å². The number of likely N-dealkylation sites (tertiary alicyclic amines) is 1. The molecule has 0 unspecified atom stereocenters. The largest absolute Gasteiger partial charge is 0.416 e. The maximum Gasteiger partial charge on any atom is 0.416 e. The summed E-state index contributed by atoms with van der Waals surface area (Å²) in [5.41, 5.74) is 6.19. The number of nitrogens with zero attached hydrogens (tertiary/aromatic N) is 3. The van der Waals surface area contributed by atoms with E-state index in [1.54, 1.807) is 18.2 Å². The number of para-hydroxylation sites is 1. The Labute approximate surface area is 170 Å². The molecular weight excluding hydrogens is 395 g/mol. The van der Waals surface area contributed by atoms with Gasteiger partial charge in [-0.05, 0) is 49.3 Å². The summed E-state index contributed by atoms with van der Waals surface area (Å²) in [6, 6.07) is 9.92. The van der Waals surface area contributed by atoms with Gasteiger partial charge in [-0.2, -0.15) is 13.2 Å². The number of rotatable bonds is 6. The fourth-order valence-corrected chi connectivity index (χ4v) is 3.53. The van der Waals surface area contributed by atoms with E-state index in [9.17, 15) is 18.0 Å². The molecule has 1 amide bonds. The van der Waals surface area contributed by atoms with Crippen molar-refractivity contribution < 1.29 is 18.0 Å². The molecule has 6 nitrogen and oxygen atoms in total. The Morgan fingerprint density at radius 2 is 1.87 bits per heavy atom. The summed E-state index contributed by atoms with van der Waals surface area (Å²) in [4.78, 5) is 22.4. The Hall–Kier alpha value is -3.20. The second kappa shape index (κ2) is 7.91. The van der Waals surface area contributed by atoms with E-state index in [0.717, 1.165) is 31.6 Å². The lowest BCUT2D eigenvalue weighted by atomic mass is 10.0. The van der Waals surface area contributed by atoms with Crippen LogP contribution in [0, 0.1) is 0 Å². The maximum absolute atomic E-state index is 12.9. The quantitative estimate of drug-likeness (QED) is 0.643. The number of hydrogen-bond donors (Lipinski definition) is 2. The second-order valence-corrected chi connectivity index (χ2v) is 7.26. The lowest BCUT2D eigenvalue weighted by Gasteiger charge is -2.35. The summed E-state index contributed by atoms with van der Waals surface area (Å²) in [6.45, 7) is 2.50. The number of amides is 1. The van der Waals surface area contributed by atoms with Gasteiger partial charge in [0.1, 0.15) is 12.1 Å². The molecule has 1 aliphatic heterocycles. The van der Waals surface area contributed by atoms with Gasteiger partial charge >= 0.3 is 6.18 Å². The molecule has 3 N–H and O–H groups in total. The standard InChI is InChI=1S/C21H20F3N5O/c22-21(23,24)14-7-5-13(6-8-14)17(11-29-9-2-10-29)28-20-16-4-1-3-15(19(25)30)18(16)26-12-27-20/h1,3-8,12,17H,2,9-11H2,(H2,25,30)(H,26,27,28)/t17-/m1/s1. The predicted molar refractivity (Wildman–Crippen MR) is 107 cm³/mol. The second-order valence-electron chi connectivity index (χ2n) is 7.26. The zero-order valence-electron chi connectivity index (χ0n) is 16.0. The SMILES string of the molecule is NC(=O)c1cccc2c(N[C@H](CN3CCC3)c3ccc(C(F)(F)F)cc3)ncnc12. The van der Waals surface area contributed by atoms with E-state index >= 15 is 0 Å². The Balaban J connectivity index is 1.69. The number of anilines is 1. The molecule has 9 heteroatoms. The Bertz CT molecular complexity index is 1060. The van der Waals surface area contributed by atoms with E-state index in [0.29, 0.717) is 28.8 Å². The lowest BCUT2D eigenvalue weighted by molar-refractivity contribution is -0.137. The summed E-state index contributed by atoms with van der Waals surface area (Å²) in [5, 5.41) is 3.96. The van der Waals surface area contributed by atoms with Crippen LogP contribution in [0.3, 0.4) is 0 Å². The first-order valence-electron chi connectivity index (χ1n) is 9.52. The molecular formula is C21H20F3N5O. The van der Waals surface area contributed by atoms with Crippen molar-refractivity contribution in [2.24, 2.45) is 5.73 Å². The van der Waals surface area contributed by atoms with Gasteiger partial charge in [0.05, 0.1) is 22.7 Å². The third-order valence-corrected chi connectivity index (χ3v) is 5.27. The smallest absolute Gasteiger partial charge is 0.366 e. The van der Waals surface area contributed by atoms with Crippen molar-refractivity contribution in [3.63, 3.8) is 0 Å². The van der Waals surface area contributed by atoms with Gasteiger partial charge in [0.2, 0.25) is 0 Å². The normalized spacial score (nSPS) is 15.6. The van der Waals surface area contributed by atoms with Crippen LogP contribution >= 0.6 is 0 Å². The van der Waals surface area contributed by atoms with E-state index in [-0.39, 0.29) is 11.6 Å². The number of nitrogens with two attached hydrogens (primary N) is 1. The van der Waals surface area contributed by atoms with Gasteiger partial charge in [0, 0.05) is 11.9 Å². The maximum atomic E-state index is 12.9. The van der Waals surface area contributed by atoms with E-state index in [4.69, 9.17) is 5.73 Å². The first-order valence-corrected chi connectivity index (χ1v) is 9.52. The molecule has 3 aromatic rings. The van der Waals surface area contributed by atoms with Crippen molar-refractivity contribution in [1.82, 2.24) is 14.9 Å². The number of carbonyl (C=O) groups excluding carboxylic acids is 1. The van der Waals surface area contributed by atoms with E-state index in [2.05, 4.69) is 20.2 Å². The molecule has 30 heavy (non-hydrogen) atoms. The van der Waals surface area contributed by atoms with Gasteiger partial charge in [-0.3, -0.25) is 4.79 Å². The minimum absolute atomic E-state index is 0.284. The molecule has 1 atom stereocenters. The summed E-state index contributed by atoms with van der Waals surface area (Å²) < 4.78 is 38.8. The molecule has 1 fully saturated rings. The Morgan fingerprint density at radius 3 is 2.47 bits per heavy atom. The molecule has 0 aliphatic carbocycles. The molecule has 2 heterocycles. The van der Waals surface area contributed by atoms with Crippen LogP contribution in [0.5, 0.6) is 0 Å². The Kier molecular flexibility index (Phi) is 5.29. The number of alkyl halides is 3. The highest BCUT2D eigenvalue weighted by molar-refractivity contribution is 6.06. The monoisotopic (exact) mass is 415 g/mol. The topological polar surface area (TPSA) is 84.1 Å². The number of fused-ring (bicyclic) bond motifs is 1. The third-order valence-electron chi connectivity index (χ3n) is 5.27. The number of halogens is 3. The number of primary amides is 1. The average molecular weight is 415 g/mol. The van der Waals surface area contributed by atoms with Crippen molar-refractivity contribution in [3.8, 4) is 0 Å². The van der Waals surface area contributed by atoms with E-state index in [1.807, 2.05) is 0 Å². The lowest BCUT2D eigenvalue weighted by Crippen LogP contribution is -2.41. The summed E-state index contributed by atoms with van der Waals surface area (Å²) in [7, 11) is 0. The van der Waals surface area contributed by atoms with Crippen LogP contribution in [0.15, 0.2) is 48.8 Å². The fourth-order valence-electron chi connectivity index (χ4n) is 3.53. The van der Waals surface area contributed by atoms with Crippen LogP contribution in [0.25, 0.3) is 10.9 Å². The van der Waals surface area contributed by atoms with Crippen LogP contribution in [-0.2, 0) is 6.18 Å². The highest BCUT2D eigenvalue weighted by Gasteiger charge is 2.30. The minimum Gasteiger partial charge on any atom is -0.366 e. The number of hydrogen-bond acceptors (Lipinski definition) is 5. The zero-order chi connectivity index (χ0) is 21.3. The van der Waals surface area contributed by atoms with Crippen molar-refractivity contribution >= 4 is 22.6 Å². The van der Waals surface area contributed by atoms with Crippen LogP contribution in [0.4, 0.5) is 19.0 Å². The molecule has 1 aromatic heterocycles. The Morgan fingerprint density at radius 1 is 1.13 bits per heavy atom. The summed E-state index contributed by atoms with van der Waals surface area (Å²) in [6.07, 6.45) is -1.95. The number of nitrogens with one attached hydrogen (secondary N) is 1. The van der Waals surface area contributed by atoms with Gasteiger partial charge < -0.3 is 16.0 Å². The molecule has 0 saturated carbocycles. The van der Waals surface area contributed by atoms with Gasteiger partial charge in [-0.25, -0.2) is 9.97 Å². The van der Waals surface area contributed by atoms with Crippen LogP contribution in [0.1, 0.15) is 33.9 Å². The first-order chi connectivity index (χ1) is 14.3. The van der Waals surface area contributed by atoms with Crippen molar-refractivity contribution in [3.05, 3.63) is 65.5 Å². The molecule has 0 radical (unpaired) electrons. The van der Waals surface area contributed by atoms with Crippen molar-refractivity contribution in [2.45, 2.75) is 18.6 Å². The predicted octanol–water partition coefficient (Wildman–Crippen LogP) is 3.61. The average Bonchev–Trinajstić information content (AvgIpc) is 2.68. The van der Waals surface area contributed by atoms with E-state index < -0.39 is 17.6 Å². The fraction of sp³-hybridized carbons (Fsp3) is 0.286. The highest BCUT2D eigenvalue weighted by atomic mass is 19.4. The first kappa shape index (κ1) is 20.1. The highest BCUT2D eigenvalue weighted by Crippen LogP contribution is 2.32. The molecule has 156 valence electrons. The van der Waals surface area contributed by atoms with E-state index in [1.165, 1.54) is 18.5 Å². The number of carbonyl (C=O) groups is 1. The zero-order valence-corrected chi connectivity index (χ0v) is 16.0. The van der Waals surface area contributed by atoms with Crippen LogP contribution < -0.4 is 11.1 Å². The van der Waals surface area contributed by atoms with Crippen LogP contribution in [-0.4, -0.2) is 40.4 Å². The summed E-state index contributed by atoms with van der Waals surface area (Å²) in [5.74, 6) is -0.0985. The molecule has 1 aliphatic rings. The van der Waals surface area contributed by atoms with Gasteiger partial charge in [0.15, 0.2) is 0 Å². The number of aromatic nitrogens is 2. The molecule has 1 saturated heterocycles.